The average molecular weight is 270 g/mol. The summed E-state index contributed by atoms with van der Waals surface area (Å²) in [6.07, 6.45) is 0.493. The molecular formula is C13H16ClNO3. The van der Waals surface area contributed by atoms with E-state index in [9.17, 15) is 9.90 Å². The minimum absolute atomic E-state index is 0.491. The number of ether oxygens (including phenoxy) is 1. The first kappa shape index (κ1) is 13.3. The third-order valence-corrected chi connectivity index (χ3v) is 3.37. The lowest BCUT2D eigenvalue weighted by molar-refractivity contribution is -0.145. The molecule has 0 aromatic heterocycles. The molecule has 1 aliphatic rings. The van der Waals surface area contributed by atoms with Crippen molar-refractivity contribution in [1.82, 2.24) is 4.90 Å². The number of carbonyl (C=O) groups is 1. The number of carboxylic acid groups (broad SMARTS) is 1. The normalized spacial score (nSPS) is 18.5. The van der Waals surface area contributed by atoms with Crippen molar-refractivity contribution in [3.63, 3.8) is 0 Å². The monoisotopic (exact) mass is 269 g/mol. The molecule has 0 radical (unpaired) electrons. The molecule has 1 heterocycles. The van der Waals surface area contributed by atoms with Gasteiger partial charge in [0, 0.05) is 18.1 Å². The molecule has 0 amide bonds. The number of rotatable bonds is 4. The van der Waals surface area contributed by atoms with Crippen LogP contribution in [0.2, 0.25) is 5.02 Å². The van der Waals surface area contributed by atoms with Crippen LogP contribution in [-0.2, 0) is 16.0 Å². The Labute approximate surface area is 111 Å². The van der Waals surface area contributed by atoms with Gasteiger partial charge in [0.25, 0.3) is 0 Å². The van der Waals surface area contributed by atoms with Crippen LogP contribution < -0.4 is 0 Å². The molecule has 1 aromatic rings. The number of benzene rings is 1. The lowest BCUT2D eigenvalue weighted by Crippen LogP contribution is -2.48. The van der Waals surface area contributed by atoms with Gasteiger partial charge in [-0.25, -0.2) is 0 Å². The Balaban J connectivity index is 2.05. The molecule has 0 spiro atoms. The molecule has 0 unspecified atom stereocenters. The van der Waals surface area contributed by atoms with Gasteiger partial charge in [-0.1, -0.05) is 23.7 Å². The van der Waals surface area contributed by atoms with Crippen LogP contribution in [0.25, 0.3) is 0 Å². The lowest BCUT2D eigenvalue weighted by Gasteiger charge is -2.31. The molecule has 1 atom stereocenters. The summed E-state index contributed by atoms with van der Waals surface area (Å²) in [5.41, 5.74) is 0.985. The molecule has 0 saturated carbocycles. The maximum atomic E-state index is 11.4. The highest BCUT2D eigenvalue weighted by atomic mass is 35.5. The van der Waals surface area contributed by atoms with Gasteiger partial charge in [-0.2, -0.15) is 0 Å². The van der Waals surface area contributed by atoms with Crippen molar-refractivity contribution in [2.75, 3.05) is 26.3 Å². The summed E-state index contributed by atoms with van der Waals surface area (Å²) in [6, 6.07) is 6.83. The molecular weight excluding hydrogens is 254 g/mol. The van der Waals surface area contributed by atoms with Crippen molar-refractivity contribution < 1.29 is 14.6 Å². The fourth-order valence-corrected chi connectivity index (χ4v) is 2.23. The smallest absolute Gasteiger partial charge is 0.321 e. The third kappa shape index (κ3) is 3.45. The SMILES string of the molecule is O=C(O)[C@H](Cc1ccc(Cl)cc1)N1CCOCC1. The zero-order valence-corrected chi connectivity index (χ0v) is 10.8. The van der Waals surface area contributed by atoms with Crippen LogP contribution in [0.4, 0.5) is 0 Å². The topological polar surface area (TPSA) is 49.8 Å². The summed E-state index contributed by atoms with van der Waals surface area (Å²) in [5, 5.41) is 10.00. The van der Waals surface area contributed by atoms with Gasteiger partial charge in [-0.15, -0.1) is 0 Å². The van der Waals surface area contributed by atoms with Crippen molar-refractivity contribution in [2.24, 2.45) is 0 Å². The third-order valence-electron chi connectivity index (χ3n) is 3.11. The first-order chi connectivity index (χ1) is 8.66. The highest BCUT2D eigenvalue weighted by Crippen LogP contribution is 2.14. The number of aliphatic carboxylic acids is 1. The molecule has 1 aliphatic heterocycles. The molecule has 2 rings (SSSR count). The van der Waals surface area contributed by atoms with Gasteiger partial charge in [-0.3, -0.25) is 9.69 Å². The predicted octanol–water partition coefficient (Wildman–Crippen LogP) is 1.67. The standard InChI is InChI=1S/C13H16ClNO3/c14-11-3-1-10(2-4-11)9-12(13(16)17)15-5-7-18-8-6-15/h1-4,12H,5-9H2,(H,16,17)/t12-/m0/s1. The van der Waals surface area contributed by atoms with E-state index < -0.39 is 12.0 Å². The number of carboxylic acids is 1. The molecule has 18 heavy (non-hydrogen) atoms. The summed E-state index contributed by atoms with van der Waals surface area (Å²) in [5.74, 6) is -0.785. The largest absolute Gasteiger partial charge is 0.480 e. The van der Waals surface area contributed by atoms with E-state index in [2.05, 4.69) is 0 Å². The zero-order valence-electron chi connectivity index (χ0n) is 10.0. The highest BCUT2D eigenvalue weighted by molar-refractivity contribution is 6.30. The molecule has 0 aliphatic carbocycles. The maximum absolute atomic E-state index is 11.4. The van der Waals surface area contributed by atoms with E-state index in [0.29, 0.717) is 37.7 Å². The minimum atomic E-state index is -0.785. The Hall–Kier alpha value is -1.10. The first-order valence-corrected chi connectivity index (χ1v) is 6.33. The summed E-state index contributed by atoms with van der Waals surface area (Å²) in [4.78, 5) is 13.3. The van der Waals surface area contributed by atoms with Crippen LogP contribution in [0.1, 0.15) is 5.56 Å². The van der Waals surface area contributed by atoms with Gasteiger partial charge in [0.1, 0.15) is 6.04 Å². The molecule has 0 bridgehead atoms. The Bertz CT molecular complexity index is 401. The summed E-state index contributed by atoms with van der Waals surface area (Å²) in [7, 11) is 0. The van der Waals surface area contributed by atoms with E-state index in [-0.39, 0.29) is 0 Å². The van der Waals surface area contributed by atoms with E-state index >= 15 is 0 Å². The molecule has 4 nitrogen and oxygen atoms in total. The van der Waals surface area contributed by atoms with Gasteiger partial charge in [0.2, 0.25) is 0 Å². The fraction of sp³-hybridized carbons (Fsp3) is 0.462. The Morgan fingerprint density at radius 1 is 1.33 bits per heavy atom. The molecule has 1 fully saturated rings. The van der Waals surface area contributed by atoms with Crippen LogP contribution in [0.5, 0.6) is 0 Å². The van der Waals surface area contributed by atoms with Crippen LogP contribution in [0, 0.1) is 0 Å². The second-order valence-corrected chi connectivity index (χ2v) is 4.77. The van der Waals surface area contributed by atoms with Gasteiger partial charge in [0.15, 0.2) is 0 Å². The summed E-state index contributed by atoms with van der Waals surface area (Å²) < 4.78 is 5.24. The van der Waals surface area contributed by atoms with Gasteiger partial charge >= 0.3 is 5.97 Å². The zero-order chi connectivity index (χ0) is 13.0. The van der Waals surface area contributed by atoms with Crippen molar-refractivity contribution in [1.29, 1.82) is 0 Å². The predicted molar refractivity (Wildman–Crippen MR) is 69.0 cm³/mol. The quantitative estimate of drug-likeness (QED) is 0.903. The molecule has 1 saturated heterocycles. The van der Waals surface area contributed by atoms with Gasteiger partial charge in [0.05, 0.1) is 13.2 Å². The van der Waals surface area contributed by atoms with Gasteiger partial charge < -0.3 is 9.84 Å². The number of nitrogens with zero attached hydrogens (tertiary/aromatic N) is 1. The second-order valence-electron chi connectivity index (χ2n) is 4.33. The number of hydrogen-bond donors (Lipinski definition) is 1. The van der Waals surface area contributed by atoms with Crippen LogP contribution in [0.3, 0.4) is 0 Å². The Morgan fingerprint density at radius 2 is 1.94 bits per heavy atom. The Morgan fingerprint density at radius 3 is 2.50 bits per heavy atom. The van der Waals surface area contributed by atoms with Crippen molar-refractivity contribution >= 4 is 17.6 Å². The van der Waals surface area contributed by atoms with E-state index in [0.717, 1.165) is 5.56 Å². The number of morpholine rings is 1. The van der Waals surface area contributed by atoms with E-state index in [1.807, 2.05) is 17.0 Å². The van der Waals surface area contributed by atoms with Crippen molar-refractivity contribution in [3.05, 3.63) is 34.9 Å². The molecule has 1 aromatic carbocycles. The molecule has 5 heteroatoms. The first-order valence-electron chi connectivity index (χ1n) is 5.96. The molecule has 98 valence electrons. The van der Waals surface area contributed by atoms with Crippen LogP contribution in [-0.4, -0.2) is 48.3 Å². The lowest BCUT2D eigenvalue weighted by atomic mass is 10.0. The van der Waals surface area contributed by atoms with E-state index in [4.69, 9.17) is 16.3 Å². The fourth-order valence-electron chi connectivity index (χ4n) is 2.11. The number of halogens is 1. The second kappa shape index (κ2) is 6.18. The Kier molecular flexibility index (Phi) is 4.58. The van der Waals surface area contributed by atoms with Gasteiger partial charge in [-0.05, 0) is 24.1 Å². The van der Waals surface area contributed by atoms with Crippen LogP contribution >= 0.6 is 11.6 Å². The number of hydrogen-bond acceptors (Lipinski definition) is 3. The maximum Gasteiger partial charge on any atom is 0.321 e. The van der Waals surface area contributed by atoms with E-state index in [1.165, 1.54) is 0 Å². The minimum Gasteiger partial charge on any atom is -0.480 e. The molecule has 1 N–H and O–H groups in total. The van der Waals surface area contributed by atoms with Crippen LogP contribution in [0.15, 0.2) is 24.3 Å². The highest BCUT2D eigenvalue weighted by Gasteiger charge is 2.27. The van der Waals surface area contributed by atoms with Crippen molar-refractivity contribution in [3.8, 4) is 0 Å². The van der Waals surface area contributed by atoms with E-state index in [1.54, 1.807) is 12.1 Å². The summed E-state index contributed by atoms with van der Waals surface area (Å²) >= 11 is 5.82. The summed E-state index contributed by atoms with van der Waals surface area (Å²) in [6.45, 7) is 2.55. The van der Waals surface area contributed by atoms with Crippen molar-refractivity contribution in [2.45, 2.75) is 12.5 Å². The average Bonchev–Trinajstić information content (AvgIpc) is 2.38.